The van der Waals surface area contributed by atoms with Crippen molar-refractivity contribution in [2.45, 2.75) is 102 Å². The summed E-state index contributed by atoms with van der Waals surface area (Å²) in [5.41, 5.74) is 0.903. The molecule has 0 N–H and O–H groups in total. The van der Waals surface area contributed by atoms with E-state index in [2.05, 4.69) is 53.4 Å². The van der Waals surface area contributed by atoms with Crippen molar-refractivity contribution >= 4 is 0 Å². The van der Waals surface area contributed by atoms with Crippen LogP contribution in [0.5, 0.6) is 0 Å². The van der Waals surface area contributed by atoms with Gasteiger partial charge in [-0.1, -0.05) is 99.2 Å². The van der Waals surface area contributed by atoms with Crippen molar-refractivity contribution in [2.24, 2.45) is 5.41 Å². The molecule has 0 radical (unpaired) electrons. The molecular weight excluding hydrogens is 302 g/mol. The van der Waals surface area contributed by atoms with E-state index in [1.807, 2.05) is 50.2 Å². The fourth-order valence-electron chi connectivity index (χ4n) is 1.95. The predicted molar refractivity (Wildman–Crippen MR) is 122 cm³/mol. The minimum absolute atomic E-state index is 0. The molecule has 152 valence electrons. The van der Waals surface area contributed by atoms with Crippen molar-refractivity contribution in [1.29, 1.82) is 0 Å². The highest BCUT2D eigenvalue weighted by atomic mass is 15.2. The Balaban J connectivity index is -0.000000129. The summed E-state index contributed by atoms with van der Waals surface area (Å²) in [7, 11) is 0. The molecule has 0 spiro atoms. The van der Waals surface area contributed by atoms with Crippen LogP contribution in [-0.2, 0) is 0 Å². The van der Waals surface area contributed by atoms with Gasteiger partial charge < -0.3 is 0 Å². The molecule has 0 amide bonds. The average Bonchev–Trinajstić information content (AvgIpc) is 2.50. The molecule has 2 rings (SSSR count). The molecular formula is C24H51N. The van der Waals surface area contributed by atoms with Gasteiger partial charge in [-0.3, -0.25) is 4.90 Å². The van der Waals surface area contributed by atoms with Crippen molar-refractivity contribution < 1.29 is 0 Å². The molecule has 25 heavy (non-hydrogen) atoms. The Morgan fingerprint density at radius 3 is 0.960 bits per heavy atom. The van der Waals surface area contributed by atoms with Gasteiger partial charge in [0.15, 0.2) is 0 Å². The Kier molecular flexibility index (Phi) is 23.0. The van der Waals surface area contributed by atoms with Gasteiger partial charge in [-0.2, -0.15) is 0 Å². The van der Waals surface area contributed by atoms with Crippen molar-refractivity contribution in [2.75, 3.05) is 13.1 Å². The fourth-order valence-corrected chi connectivity index (χ4v) is 1.95. The van der Waals surface area contributed by atoms with Crippen molar-refractivity contribution in [3.05, 3.63) is 36.4 Å². The lowest BCUT2D eigenvalue weighted by Crippen LogP contribution is -2.44. The van der Waals surface area contributed by atoms with E-state index in [0.717, 1.165) is 0 Å². The zero-order valence-electron chi connectivity index (χ0n) is 17.4. The molecule has 1 aliphatic rings. The number of nitrogens with zero attached hydrogens (tertiary/aromatic N) is 1. The van der Waals surface area contributed by atoms with E-state index in [1.165, 1.54) is 32.4 Å². The third-order valence-corrected chi connectivity index (χ3v) is 2.97. The summed E-state index contributed by atoms with van der Waals surface area (Å²) in [6.45, 7) is 22.3. The number of benzene rings is 1. The van der Waals surface area contributed by atoms with Gasteiger partial charge in [0.25, 0.3) is 0 Å². The number of hydrogen-bond donors (Lipinski definition) is 0. The molecule has 1 nitrogen and oxygen atoms in total. The van der Waals surface area contributed by atoms with Crippen LogP contribution in [0.1, 0.15) is 96.4 Å². The zero-order valence-corrected chi connectivity index (χ0v) is 17.4. The molecule has 0 saturated carbocycles. The lowest BCUT2D eigenvalue weighted by molar-refractivity contribution is 0.111. The monoisotopic (exact) mass is 353 g/mol. The highest BCUT2D eigenvalue weighted by Crippen LogP contribution is 2.19. The van der Waals surface area contributed by atoms with Gasteiger partial charge in [0.2, 0.25) is 0 Å². The first kappa shape index (κ1) is 31.9. The van der Waals surface area contributed by atoms with Crippen LogP contribution >= 0.6 is 0 Å². The van der Waals surface area contributed by atoms with E-state index in [1.54, 1.807) is 0 Å². The van der Waals surface area contributed by atoms with Gasteiger partial charge in [0.1, 0.15) is 0 Å². The van der Waals surface area contributed by atoms with Crippen LogP contribution in [0.15, 0.2) is 36.4 Å². The van der Waals surface area contributed by atoms with Crippen LogP contribution in [0.25, 0.3) is 0 Å². The van der Waals surface area contributed by atoms with Gasteiger partial charge in [-0.25, -0.2) is 0 Å². The summed E-state index contributed by atoms with van der Waals surface area (Å²) in [6, 6.07) is 12.0. The standard InChI is InChI=1S/C9H19N.C6H6.C5H12.C2H6.2CH4/c1-9(2,3)10-7-5-4-6-8-10;1-2-4-6-5-3-1;1-5(2,3)4;1-2;;/h4-8H2,1-3H3;1-6H;1-4H3;1-2H3;2*1H4. The van der Waals surface area contributed by atoms with Gasteiger partial charge in [0, 0.05) is 5.54 Å². The molecule has 1 aliphatic heterocycles. The summed E-state index contributed by atoms with van der Waals surface area (Å²) in [5.74, 6) is 0. The van der Waals surface area contributed by atoms with Crippen LogP contribution in [0.3, 0.4) is 0 Å². The second kappa shape index (κ2) is 18.0. The SMILES string of the molecule is C.C.CC.CC(C)(C)C.CC(C)(C)N1CCCCC1.c1ccccc1. The van der Waals surface area contributed by atoms with Gasteiger partial charge in [0.05, 0.1) is 0 Å². The molecule has 1 fully saturated rings. The molecule has 0 aromatic heterocycles. The topological polar surface area (TPSA) is 3.24 Å². The highest BCUT2D eigenvalue weighted by Gasteiger charge is 2.21. The van der Waals surface area contributed by atoms with Gasteiger partial charge in [-0.05, 0) is 52.1 Å². The molecule has 1 heterocycles. The quantitative estimate of drug-likeness (QED) is 0.453. The molecule has 0 unspecified atom stereocenters. The normalized spacial score (nSPS) is 13.8. The van der Waals surface area contributed by atoms with Crippen LogP contribution < -0.4 is 0 Å². The van der Waals surface area contributed by atoms with Gasteiger partial charge in [-0.15, -0.1) is 0 Å². The third-order valence-electron chi connectivity index (χ3n) is 2.97. The number of hydrogen-bond acceptors (Lipinski definition) is 1. The minimum atomic E-state index is 0. The van der Waals surface area contributed by atoms with Crippen LogP contribution in [0.2, 0.25) is 0 Å². The first-order chi connectivity index (χ1) is 10.6. The summed E-state index contributed by atoms with van der Waals surface area (Å²) in [4.78, 5) is 2.58. The maximum Gasteiger partial charge on any atom is 0.0125 e. The maximum atomic E-state index is 2.58. The number of piperidine rings is 1. The lowest BCUT2D eigenvalue weighted by atomic mass is 10.0. The molecule has 1 aromatic carbocycles. The van der Waals surface area contributed by atoms with E-state index in [-0.39, 0.29) is 14.9 Å². The first-order valence-corrected chi connectivity index (χ1v) is 9.36. The summed E-state index contributed by atoms with van der Waals surface area (Å²) < 4.78 is 0. The lowest BCUT2D eigenvalue weighted by Gasteiger charge is -2.38. The average molecular weight is 354 g/mol. The predicted octanol–water partition coefficient (Wildman–Crippen LogP) is 8.31. The van der Waals surface area contributed by atoms with E-state index in [9.17, 15) is 0 Å². The van der Waals surface area contributed by atoms with Crippen LogP contribution in [0.4, 0.5) is 0 Å². The third kappa shape index (κ3) is 28.3. The fraction of sp³-hybridized carbons (Fsp3) is 0.750. The maximum absolute atomic E-state index is 2.58. The molecule has 1 heteroatoms. The Morgan fingerprint density at radius 1 is 0.560 bits per heavy atom. The van der Waals surface area contributed by atoms with Crippen LogP contribution in [0, 0.1) is 5.41 Å². The van der Waals surface area contributed by atoms with E-state index < -0.39 is 0 Å². The molecule has 1 aromatic rings. The molecule has 0 bridgehead atoms. The van der Waals surface area contributed by atoms with E-state index in [0.29, 0.717) is 11.0 Å². The minimum Gasteiger partial charge on any atom is -0.298 e. The van der Waals surface area contributed by atoms with E-state index >= 15 is 0 Å². The number of likely N-dealkylation sites (tertiary alicyclic amines) is 1. The number of rotatable bonds is 0. The van der Waals surface area contributed by atoms with E-state index in [4.69, 9.17) is 0 Å². The Morgan fingerprint density at radius 2 is 0.800 bits per heavy atom. The van der Waals surface area contributed by atoms with Crippen molar-refractivity contribution in [3.8, 4) is 0 Å². The largest absolute Gasteiger partial charge is 0.298 e. The Labute approximate surface area is 162 Å². The van der Waals surface area contributed by atoms with Crippen molar-refractivity contribution in [3.63, 3.8) is 0 Å². The molecule has 0 aliphatic carbocycles. The second-order valence-corrected chi connectivity index (χ2v) is 8.37. The van der Waals surface area contributed by atoms with Gasteiger partial charge >= 0.3 is 0 Å². The summed E-state index contributed by atoms with van der Waals surface area (Å²) in [6.07, 6.45) is 4.24. The second-order valence-electron chi connectivity index (χ2n) is 8.37. The summed E-state index contributed by atoms with van der Waals surface area (Å²) >= 11 is 0. The molecule has 1 saturated heterocycles. The van der Waals surface area contributed by atoms with Crippen molar-refractivity contribution in [1.82, 2.24) is 4.90 Å². The first-order valence-electron chi connectivity index (χ1n) is 9.36. The smallest absolute Gasteiger partial charge is 0.0125 e. The zero-order chi connectivity index (χ0) is 18.4. The molecule has 0 atom stereocenters. The highest BCUT2D eigenvalue weighted by molar-refractivity contribution is 4.99. The van der Waals surface area contributed by atoms with Crippen LogP contribution in [-0.4, -0.2) is 23.5 Å². The Bertz CT molecular complexity index is 291. The Hall–Kier alpha value is -0.820. The summed E-state index contributed by atoms with van der Waals surface area (Å²) in [5, 5.41) is 0.